The van der Waals surface area contributed by atoms with E-state index in [4.69, 9.17) is 9.47 Å². The second-order valence-electron chi connectivity index (χ2n) is 12.2. The van der Waals surface area contributed by atoms with E-state index in [1.54, 1.807) is 13.8 Å². The van der Waals surface area contributed by atoms with Crippen molar-refractivity contribution in [2.45, 2.75) is 85.0 Å². The van der Waals surface area contributed by atoms with Crippen LogP contribution in [0.4, 0.5) is 4.79 Å². The number of rotatable bonds is 18. The van der Waals surface area contributed by atoms with Crippen LogP contribution in [0.15, 0.2) is 54.6 Å². The summed E-state index contributed by atoms with van der Waals surface area (Å²) in [6.45, 7) is 7.59. The molecule has 12 nitrogen and oxygen atoms in total. The maximum atomic E-state index is 13.5. The van der Waals surface area contributed by atoms with E-state index in [2.05, 4.69) is 21.3 Å². The van der Waals surface area contributed by atoms with E-state index in [0.29, 0.717) is 6.42 Å². The van der Waals surface area contributed by atoms with Crippen LogP contribution in [-0.4, -0.2) is 73.3 Å². The number of hydrogen-bond donors (Lipinski definition) is 5. The second kappa shape index (κ2) is 19.3. The van der Waals surface area contributed by atoms with Gasteiger partial charge in [0.1, 0.15) is 24.7 Å². The summed E-state index contributed by atoms with van der Waals surface area (Å²) >= 11 is 0. The van der Waals surface area contributed by atoms with Gasteiger partial charge in [-0.05, 0) is 36.0 Å². The monoisotopic (exact) mass is 654 g/mol. The van der Waals surface area contributed by atoms with Crippen molar-refractivity contribution in [3.05, 3.63) is 60.2 Å². The average Bonchev–Trinajstić information content (AvgIpc) is 3.07. The van der Waals surface area contributed by atoms with Gasteiger partial charge in [0.2, 0.25) is 17.7 Å². The van der Waals surface area contributed by atoms with Gasteiger partial charge in [-0.25, -0.2) is 9.59 Å². The minimum atomic E-state index is -1.39. The third-order valence-corrected chi connectivity index (χ3v) is 7.91. The number of aliphatic hydroxyl groups is 1. The fraction of sp³-hybridized carbons (Fsp3) is 0.514. The minimum absolute atomic E-state index is 0.0223. The molecule has 3 unspecified atom stereocenters. The van der Waals surface area contributed by atoms with Crippen molar-refractivity contribution in [2.75, 3.05) is 20.3 Å². The highest BCUT2D eigenvalue weighted by Gasteiger charge is 2.42. The number of carbonyl (C=O) groups excluding carboxylic acids is 5. The lowest BCUT2D eigenvalue weighted by Gasteiger charge is -2.37. The minimum Gasteiger partial charge on any atom is -0.467 e. The number of hydrogen-bond acceptors (Lipinski definition) is 8. The summed E-state index contributed by atoms with van der Waals surface area (Å²) in [5.74, 6) is -2.71. The summed E-state index contributed by atoms with van der Waals surface area (Å²) in [5, 5.41) is 20.9. The van der Waals surface area contributed by atoms with E-state index in [1.807, 2.05) is 61.5 Å². The molecule has 4 atom stereocenters. The molecule has 0 aliphatic heterocycles. The molecule has 2 rings (SSSR count). The van der Waals surface area contributed by atoms with E-state index < -0.39 is 59.9 Å². The molecule has 2 aromatic carbocycles. The van der Waals surface area contributed by atoms with Crippen LogP contribution >= 0.6 is 0 Å². The molecular weight excluding hydrogens is 604 g/mol. The zero-order valence-corrected chi connectivity index (χ0v) is 28.3. The Balaban J connectivity index is 2.09. The van der Waals surface area contributed by atoms with Crippen LogP contribution in [0.1, 0.15) is 65.9 Å². The Labute approximate surface area is 277 Å². The number of alkyl carbamates (subject to hydrolysis) is 1. The maximum Gasteiger partial charge on any atom is 0.408 e. The molecule has 0 aliphatic rings. The summed E-state index contributed by atoms with van der Waals surface area (Å²) < 4.78 is 10.2. The summed E-state index contributed by atoms with van der Waals surface area (Å²) in [7, 11) is 1.21. The van der Waals surface area contributed by atoms with Gasteiger partial charge in [0.05, 0.1) is 13.7 Å². The Morgan fingerprint density at radius 3 is 2.15 bits per heavy atom. The molecule has 0 heterocycles. The van der Waals surface area contributed by atoms with E-state index >= 15 is 0 Å². The molecule has 0 saturated heterocycles. The predicted molar refractivity (Wildman–Crippen MR) is 178 cm³/mol. The van der Waals surface area contributed by atoms with E-state index in [0.717, 1.165) is 29.5 Å². The zero-order valence-electron chi connectivity index (χ0n) is 28.3. The number of methoxy groups -OCH3 is 1. The molecular formula is C35H50N4O8. The molecule has 0 fully saturated rings. The Kier molecular flexibility index (Phi) is 15.9. The highest BCUT2D eigenvalue weighted by molar-refractivity contribution is 5.92. The van der Waals surface area contributed by atoms with Crippen molar-refractivity contribution in [2.24, 2.45) is 11.3 Å². The van der Waals surface area contributed by atoms with Gasteiger partial charge < -0.3 is 35.8 Å². The van der Waals surface area contributed by atoms with Crippen molar-refractivity contribution in [1.29, 1.82) is 0 Å². The number of carbonyl (C=O) groups is 5. The second-order valence-corrected chi connectivity index (χ2v) is 12.2. The number of nitrogens with one attached hydrogen (secondary N) is 4. The topological polar surface area (TPSA) is 172 Å². The number of ether oxygens (including phenoxy) is 2. The quantitative estimate of drug-likeness (QED) is 0.120. The summed E-state index contributed by atoms with van der Waals surface area (Å²) in [5.41, 5.74) is 1.29. The summed E-state index contributed by atoms with van der Waals surface area (Å²) in [6, 6.07) is 13.8. The lowest BCUT2D eigenvalue weighted by atomic mass is 9.81. The van der Waals surface area contributed by atoms with Crippen LogP contribution in [-0.2, 0) is 35.3 Å². The lowest BCUT2D eigenvalue weighted by Crippen LogP contribution is -2.62. The summed E-state index contributed by atoms with van der Waals surface area (Å²) in [6.07, 6.45) is 1.68. The molecule has 0 aromatic heterocycles. The molecule has 12 heteroatoms. The molecule has 0 saturated carbocycles. The Morgan fingerprint density at radius 1 is 0.872 bits per heavy atom. The number of benzene rings is 2. The van der Waals surface area contributed by atoms with Gasteiger partial charge in [0, 0.05) is 18.4 Å². The summed E-state index contributed by atoms with van der Waals surface area (Å²) in [4.78, 5) is 64.3. The van der Waals surface area contributed by atoms with Crippen LogP contribution in [0.25, 0.3) is 11.1 Å². The Hall–Kier alpha value is -4.45. The molecule has 0 spiro atoms. The molecule has 0 radical (unpaired) electrons. The highest BCUT2D eigenvalue weighted by Crippen LogP contribution is 2.24. The van der Waals surface area contributed by atoms with Gasteiger partial charge in [-0.1, -0.05) is 95.1 Å². The molecule has 4 amide bonds. The number of esters is 1. The molecule has 0 bridgehead atoms. The molecule has 2 aromatic rings. The van der Waals surface area contributed by atoms with Crippen LogP contribution < -0.4 is 21.3 Å². The molecule has 47 heavy (non-hydrogen) atoms. The normalized spacial score (nSPS) is 14.1. The van der Waals surface area contributed by atoms with Crippen LogP contribution in [0, 0.1) is 11.3 Å². The van der Waals surface area contributed by atoms with Crippen LogP contribution in [0.3, 0.4) is 0 Å². The first kappa shape index (κ1) is 38.7. The van der Waals surface area contributed by atoms with E-state index in [-0.39, 0.29) is 25.5 Å². The third kappa shape index (κ3) is 12.0. The number of aliphatic hydroxyl groups excluding tert-OH is 1. The van der Waals surface area contributed by atoms with Gasteiger partial charge >= 0.3 is 12.1 Å². The van der Waals surface area contributed by atoms with Crippen LogP contribution in [0.2, 0.25) is 0 Å². The van der Waals surface area contributed by atoms with Gasteiger partial charge in [-0.3, -0.25) is 14.4 Å². The van der Waals surface area contributed by atoms with Crippen molar-refractivity contribution < 1.29 is 38.6 Å². The van der Waals surface area contributed by atoms with E-state index in [1.165, 1.54) is 21.0 Å². The fourth-order valence-corrected chi connectivity index (χ4v) is 4.85. The Bertz CT molecular complexity index is 1340. The molecule has 0 aliphatic carbocycles. The van der Waals surface area contributed by atoms with Gasteiger partial charge in [0.25, 0.3) is 0 Å². The first-order valence-corrected chi connectivity index (χ1v) is 16.0. The van der Waals surface area contributed by atoms with Crippen molar-refractivity contribution in [3.8, 4) is 11.1 Å². The predicted octanol–water partition coefficient (Wildman–Crippen LogP) is 3.46. The van der Waals surface area contributed by atoms with Crippen LogP contribution in [0.5, 0.6) is 0 Å². The van der Waals surface area contributed by atoms with Crippen molar-refractivity contribution in [1.82, 2.24) is 21.3 Å². The van der Waals surface area contributed by atoms with Crippen molar-refractivity contribution in [3.63, 3.8) is 0 Å². The number of amides is 4. The lowest BCUT2D eigenvalue weighted by molar-refractivity contribution is -0.147. The van der Waals surface area contributed by atoms with E-state index in [9.17, 15) is 29.1 Å². The van der Waals surface area contributed by atoms with Crippen molar-refractivity contribution >= 4 is 29.8 Å². The fourth-order valence-electron chi connectivity index (χ4n) is 4.85. The van der Waals surface area contributed by atoms with Gasteiger partial charge in [-0.2, -0.15) is 0 Å². The van der Waals surface area contributed by atoms with Gasteiger partial charge in [0.15, 0.2) is 0 Å². The number of unbranched alkanes of at least 4 members (excludes halogenated alkanes) is 2. The molecule has 5 N–H and O–H groups in total. The first-order chi connectivity index (χ1) is 22.4. The van der Waals surface area contributed by atoms with Gasteiger partial charge in [-0.15, -0.1) is 0 Å². The zero-order chi connectivity index (χ0) is 35.0. The highest BCUT2D eigenvalue weighted by atomic mass is 16.5. The SMILES string of the molecule is CCCCCC(=O)NC(C(=O)NC(C(=O)OC)C(C)C)C(C)(CO)CNC(=O)[C@H](C)NC(=O)OCc1ccccc1-c1ccccc1. The third-order valence-electron chi connectivity index (χ3n) is 7.91. The smallest absolute Gasteiger partial charge is 0.408 e. The first-order valence-electron chi connectivity index (χ1n) is 16.0. The largest absolute Gasteiger partial charge is 0.467 e. The average molecular weight is 655 g/mol. The maximum absolute atomic E-state index is 13.5. The Morgan fingerprint density at radius 2 is 1.53 bits per heavy atom. The molecule has 258 valence electrons. The standard InChI is InChI=1S/C35H50N4O8/c1-7-8-10-19-28(41)38-30(32(43)39-29(23(2)3)33(44)46-6)35(5,22-40)21-36-31(42)24(4)37-34(45)47-20-26-17-13-14-18-27(26)25-15-11-9-12-16-25/h9,11-18,23-24,29-30,40H,7-8,10,19-22H2,1-6H3,(H,36,42)(H,37,45)(H,38,41)(H,39,43)/t24-,29?,30?,35?/m0/s1.